The summed E-state index contributed by atoms with van der Waals surface area (Å²) in [6.07, 6.45) is 3.43. The standard InChI is InChI=1S/C13H10F2N4/c14-10-2-1-9(7-11(10)15)8-16-12-4-6-19-13(18-12)3-5-17-19/h1-7H,8H2,(H,16,18). The molecule has 0 unspecified atom stereocenters. The van der Waals surface area contributed by atoms with Crippen LogP contribution in [0.5, 0.6) is 0 Å². The Morgan fingerprint density at radius 2 is 2.00 bits per heavy atom. The van der Waals surface area contributed by atoms with E-state index in [2.05, 4.69) is 15.4 Å². The molecule has 6 heteroatoms. The number of halogens is 2. The summed E-state index contributed by atoms with van der Waals surface area (Å²) in [6.45, 7) is 0.370. The Bertz CT molecular complexity index is 723. The summed E-state index contributed by atoms with van der Waals surface area (Å²) in [6, 6.07) is 7.35. The molecule has 0 aliphatic carbocycles. The number of fused-ring (bicyclic) bond motifs is 1. The number of benzene rings is 1. The van der Waals surface area contributed by atoms with E-state index < -0.39 is 11.6 Å². The third-order valence-corrected chi connectivity index (χ3v) is 2.72. The van der Waals surface area contributed by atoms with E-state index in [-0.39, 0.29) is 0 Å². The highest BCUT2D eigenvalue weighted by molar-refractivity contribution is 5.45. The molecule has 0 aliphatic rings. The first kappa shape index (κ1) is 11.6. The summed E-state index contributed by atoms with van der Waals surface area (Å²) in [5, 5.41) is 7.08. The zero-order valence-corrected chi connectivity index (χ0v) is 9.85. The first-order valence-corrected chi connectivity index (χ1v) is 5.70. The summed E-state index contributed by atoms with van der Waals surface area (Å²) < 4.78 is 27.5. The molecule has 0 spiro atoms. The number of nitrogens with zero attached hydrogens (tertiary/aromatic N) is 3. The molecule has 0 saturated heterocycles. The van der Waals surface area contributed by atoms with E-state index in [9.17, 15) is 8.78 Å². The average molecular weight is 260 g/mol. The van der Waals surface area contributed by atoms with Crippen LogP contribution in [0, 0.1) is 11.6 Å². The lowest BCUT2D eigenvalue weighted by atomic mass is 10.2. The molecular weight excluding hydrogens is 250 g/mol. The smallest absolute Gasteiger partial charge is 0.159 e. The van der Waals surface area contributed by atoms with E-state index in [0.717, 1.165) is 11.7 Å². The second-order valence-electron chi connectivity index (χ2n) is 4.05. The fraction of sp³-hybridized carbons (Fsp3) is 0.0769. The predicted molar refractivity (Wildman–Crippen MR) is 66.7 cm³/mol. The normalized spacial score (nSPS) is 10.8. The Morgan fingerprint density at radius 1 is 1.11 bits per heavy atom. The zero-order valence-electron chi connectivity index (χ0n) is 9.85. The molecule has 0 aliphatic heterocycles. The van der Waals surface area contributed by atoms with Gasteiger partial charge in [-0.2, -0.15) is 5.10 Å². The van der Waals surface area contributed by atoms with Crippen LogP contribution >= 0.6 is 0 Å². The fourth-order valence-corrected chi connectivity index (χ4v) is 1.75. The number of aromatic nitrogens is 3. The summed E-state index contributed by atoms with van der Waals surface area (Å²) in [5.41, 5.74) is 1.37. The lowest BCUT2D eigenvalue weighted by molar-refractivity contribution is 0.507. The molecular formula is C13H10F2N4. The van der Waals surface area contributed by atoms with Gasteiger partial charge in [0, 0.05) is 18.8 Å². The highest BCUT2D eigenvalue weighted by atomic mass is 19.2. The molecule has 96 valence electrons. The second-order valence-corrected chi connectivity index (χ2v) is 4.05. The molecule has 3 rings (SSSR count). The third kappa shape index (κ3) is 2.37. The molecule has 0 atom stereocenters. The van der Waals surface area contributed by atoms with Crippen molar-refractivity contribution in [3.05, 3.63) is 59.9 Å². The van der Waals surface area contributed by atoms with Crippen LogP contribution < -0.4 is 5.32 Å². The quantitative estimate of drug-likeness (QED) is 0.787. The van der Waals surface area contributed by atoms with E-state index in [1.807, 2.05) is 0 Å². The molecule has 0 radical (unpaired) electrons. The zero-order chi connectivity index (χ0) is 13.2. The highest BCUT2D eigenvalue weighted by Gasteiger charge is 2.03. The van der Waals surface area contributed by atoms with Crippen molar-refractivity contribution in [2.75, 3.05) is 5.32 Å². The maximum Gasteiger partial charge on any atom is 0.159 e. The van der Waals surface area contributed by atoms with Crippen LogP contribution in [0.4, 0.5) is 14.6 Å². The van der Waals surface area contributed by atoms with Crippen LogP contribution in [0.1, 0.15) is 5.56 Å². The summed E-state index contributed by atoms with van der Waals surface area (Å²) in [5.74, 6) is -1.04. The molecule has 2 aromatic heterocycles. The maximum atomic E-state index is 13.0. The monoisotopic (exact) mass is 260 g/mol. The Hall–Kier alpha value is -2.50. The van der Waals surface area contributed by atoms with Crippen molar-refractivity contribution in [2.24, 2.45) is 0 Å². The second kappa shape index (κ2) is 4.64. The molecule has 0 amide bonds. The number of rotatable bonds is 3. The first-order chi connectivity index (χ1) is 9.22. The molecule has 1 aromatic carbocycles. The molecule has 3 aromatic rings. The predicted octanol–water partition coefficient (Wildman–Crippen LogP) is 2.62. The Morgan fingerprint density at radius 3 is 2.84 bits per heavy atom. The number of hydrogen-bond donors (Lipinski definition) is 1. The maximum absolute atomic E-state index is 13.0. The van der Waals surface area contributed by atoms with Crippen LogP contribution in [0.3, 0.4) is 0 Å². The van der Waals surface area contributed by atoms with Crippen molar-refractivity contribution < 1.29 is 8.78 Å². The molecule has 0 saturated carbocycles. The van der Waals surface area contributed by atoms with Gasteiger partial charge in [-0.05, 0) is 23.8 Å². The van der Waals surface area contributed by atoms with Crippen molar-refractivity contribution in [3.8, 4) is 0 Å². The summed E-state index contributed by atoms with van der Waals surface area (Å²) in [4.78, 5) is 4.31. The van der Waals surface area contributed by atoms with E-state index in [1.165, 1.54) is 12.1 Å². The van der Waals surface area contributed by atoms with Gasteiger partial charge in [0.1, 0.15) is 5.82 Å². The van der Waals surface area contributed by atoms with Gasteiger partial charge in [0.2, 0.25) is 0 Å². The van der Waals surface area contributed by atoms with Gasteiger partial charge in [0.05, 0.1) is 6.20 Å². The van der Waals surface area contributed by atoms with E-state index in [4.69, 9.17) is 0 Å². The Labute approximate surface area is 107 Å². The Balaban J connectivity index is 1.75. The van der Waals surface area contributed by atoms with Crippen molar-refractivity contribution in [3.63, 3.8) is 0 Å². The lowest BCUT2D eigenvalue weighted by Gasteiger charge is -2.06. The van der Waals surface area contributed by atoms with Gasteiger partial charge in [0.25, 0.3) is 0 Å². The highest BCUT2D eigenvalue weighted by Crippen LogP contribution is 2.11. The van der Waals surface area contributed by atoms with Crippen LogP contribution in [-0.4, -0.2) is 14.6 Å². The van der Waals surface area contributed by atoms with Gasteiger partial charge < -0.3 is 5.32 Å². The van der Waals surface area contributed by atoms with E-state index >= 15 is 0 Å². The van der Waals surface area contributed by atoms with Gasteiger partial charge in [0.15, 0.2) is 17.3 Å². The molecule has 4 nitrogen and oxygen atoms in total. The fourth-order valence-electron chi connectivity index (χ4n) is 1.75. The van der Waals surface area contributed by atoms with Crippen molar-refractivity contribution >= 4 is 11.5 Å². The number of nitrogens with one attached hydrogen (secondary N) is 1. The Kier molecular flexibility index (Phi) is 2.83. The third-order valence-electron chi connectivity index (χ3n) is 2.72. The van der Waals surface area contributed by atoms with Crippen LogP contribution in [0.2, 0.25) is 0 Å². The SMILES string of the molecule is Fc1ccc(CNc2ccn3nccc3n2)cc1F. The van der Waals surface area contributed by atoms with Crippen molar-refractivity contribution in [2.45, 2.75) is 6.54 Å². The van der Waals surface area contributed by atoms with Crippen molar-refractivity contribution in [1.82, 2.24) is 14.6 Å². The van der Waals surface area contributed by atoms with E-state index in [0.29, 0.717) is 17.9 Å². The molecule has 2 heterocycles. The summed E-state index contributed by atoms with van der Waals surface area (Å²) in [7, 11) is 0. The van der Waals surface area contributed by atoms with Crippen LogP contribution in [-0.2, 0) is 6.54 Å². The van der Waals surface area contributed by atoms with Gasteiger partial charge in [-0.15, -0.1) is 0 Å². The lowest BCUT2D eigenvalue weighted by Crippen LogP contribution is -2.03. The van der Waals surface area contributed by atoms with Crippen LogP contribution in [0.25, 0.3) is 5.65 Å². The van der Waals surface area contributed by atoms with Gasteiger partial charge in [-0.3, -0.25) is 0 Å². The van der Waals surface area contributed by atoms with E-state index in [1.54, 1.807) is 29.0 Å². The minimum Gasteiger partial charge on any atom is -0.366 e. The van der Waals surface area contributed by atoms with Gasteiger partial charge >= 0.3 is 0 Å². The van der Waals surface area contributed by atoms with Gasteiger partial charge in [-0.25, -0.2) is 18.3 Å². The van der Waals surface area contributed by atoms with Gasteiger partial charge in [-0.1, -0.05) is 6.07 Å². The molecule has 19 heavy (non-hydrogen) atoms. The minimum absolute atomic E-state index is 0.370. The summed E-state index contributed by atoms with van der Waals surface area (Å²) >= 11 is 0. The minimum atomic E-state index is -0.849. The molecule has 1 N–H and O–H groups in total. The molecule has 0 bridgehead atoms. The average Bonchev–Trinajstić information content (AvgIpc) is 2.87. The van der Waals surface area contributed by atoms with Crippen LogP contribution in [0.15, 0.2) is 42.7 Å². The van der Waals surface area contributed by atoms with Crippen molar-refractivity contribution in [1.29, 1.82) is 0 Å². The first-order valence-electron chi connectivity index (χ1n) is 5.70. The number of anilines is 1. The topological polar surface area (TPSA) is 42.2 Å². The largest absolute Gasteiger partial charge is 0.366 e. The molecule has 0 fully saturated rings. The number of hydrogen-bond acceptors (Lipinski definition) is 3.